The summed E-state index contributed by atoms with van der Waals surface area (Å²) in [5.41, 5.74) is 1.31. The molecule has 1 amide bonds. The van der Waals surface area contributed by atoms with Crippen LogP contribution in [0.3, 0.4) is 0 Å². The molecular weight excluding hydrogens is 448 g/mol. The molecule has 1 unspecified atom stereocenters. The zero-order valence-corrected chi connectivity index (χ0v) is 17.9. The maximum Gasteiger partial charge on any atom is 0.341 e. The molecule has 4 rings (SSSR count). The number of aliphatic hydroxyl groups is 1. The number of rotatable bonds is 6. The van der Waals surface area contributed by atoms with Crippen LogP contribution in [0.4, 0.5) is 5.69 Å². The molecule has 0 saturated carbocycles. The van der Waals surface area contributed by atoms with Gasteiger partial charge < -0.3 is 14.9 Å². The fraction of sp³-hybridized carbons (Fsp3) is 0.0833. The van der Waals surface area contributed by atoms with Gasteiger partial charge in [0, 0.05) is 23.6 Å². The lowest BCUT2D eigenvalue weighted by molar-refractivity contribution is -0.139. The Morgan fingerprint density at radius 3 is 2.27 bits per heavy atom. The molecule has 1 fully saturated rings. The molecule has 168 valence electrons. The lowest BCUT2D eigenvalue weighted by Crippen LogP contribution is -2.29. The number of halogens is 1. The van der Waals surface area contributed by atoms with Gasteiger partial charge in [0.1, 0.15) is 11.5 Å². The zero-order valence-electron chi connectivity index (χ0n) is 17.1. The molecule has 0 bridgehead atoms. The third-order valence-electron chi connectivity index (χ3n) is 4.97. The Balaban J connectivity index is 0.00000306. The number of hydrogen-bond donors (Lipinski definition) is 2. The van der Waals surface area contributed by atoms with Crippen molar-refractivity contribution < 1.29 is 29.3 Å². The van der Waals surface area contributed by atoms with Gasteiger partial charge in [0.25, 0.3) is 11.7 Å². The molecule has 33 heavy (non-hydrogen) atoms. The predicted octanol–water partition coefficient (Wildman–Crippen LogP) is 3.59. The summed E-state index contributed by atoms with van der Waals surface area (Å²) >= 11 is 0. The standard InChI is InChI=1S/C24H18N2O6.ClH/c27-19(28)14-32-18-10-8-17(9-11-18)26-21(16-7-4-12-25-13-16)20(23(30)24(26)31)22(29)15-5-2-1-3-6-15;/h1-13,21,29H,14H2,(H,27,28);1H/b22-20+;. The Labute approximate surface area is 195 Å². The number of hydrogen-bond acceptors (Lipinski definition) is 6. The van der Waals surface area contributed by atoms with Gasteiger partial charge in [-0.3, -0.25) is 19.5 Å². The number of ether oxygens (including phenoxy) is 1. The molecule has 2 heterocycles. The summed E-state index contributed by atoms with van der Waals surface area (Å²) in [7, 11) is 0. The number of aromatic nitrogens is 1. The van der Waals surface area contributed by atoms with Gasteiger partial charge in [-0.2, -0.15) is 0 Å². The number of nitrogens with zero attached hydrogens (tertiary/aromatic N) is 2. The van der Waals surface area contributed by atoms with Gasteiger partial charge in [0.05, 0.1) is 11.6 Å². The second kappa shape index (κ2) is 9.97. The monoisotopic (exact) mass is 466 g/mol. The number of carboxylic acid groups (broad SMARTS) is 1. The van der Waals surface area contributed by atoms with Crippen LogP contribution in [0.5, 0.6) is 5.75 Å². The van der Waals surface area contributed by atoms with Crippen molar-refractivity contribution in [2.45, 2.75) is 6.04 Å². The summed E-state index contributed by atoms with van der Waals surface area (Å²) in [5, 5.41) is 19.7. The fourth-order valence-electron chi connectivity index (χ4n) is 3.55. The summed E-state index contributed by atoms with van der Waals surface area (Å²) in [6, 6.07) is 17.2. The smallest absolute Gasteiger partial charge is 0.341 e. The highest BCUT2D eigenvalue weighted by Gasteiger charge is 2.47. The van der Waals surface area contributed by atoms with Crippen LogP contribution in [0.15, 0.2) is 84.7 Å². The van der Waals surface area contributed by atoms with Gasteiger partial charge in [-0.15, -0.1) is 12.4 Å². The van der Waals surface area contributed by atoms with E-state index in [1.165, 1.54) is 23.2 Å². The van der Waals surface area contributed by atoms with Crippen molar-refractivity contribution in [3.05, 3.63) is 95.8 Å². The number of carbonyl (C=O) groups is 3. The van der Waals surface area contributed by atoms with E-state index < -0.39 is 30.3 Å². The van der Waals surface area contributed by atoms with Crippen LogP contribution >= 0.6 is 12.4 Å². The molecule has 0 spiro atoms. The van der Waals surface area contributed by atoms with Crippen molar-refractivity contribution in [1.29, 1.82) is 0 Å². The van der Waals surface area contributed by atoms with Crippen molar-refractivity contribution in [2.75, 3.05) is 11.5 Å². The third kappa shape index (κ3) is 4.70. The van der Waals surface area contributed by atoms with Crippen LogP contribution in [0, 0.1) is 0 Å². The first-order chi connectivity index (χ1) is 15.5. The highest BCUT2D eigenvalue weighted by molar-refractivity contribution is 6.51. The van der Waals surface area contributed by atoms with Crippen molar-refractivity contribution >= 4 is 41.5 Å². The Morgan fingerprint density at radius 2 is 1.67 bits per heavy atom. The quantitative estimate of drug-likeness (QED) is 0.324. The molecule has 2 N–H and O–H groups in total. The zero-order chi connectivity index (χ0) is 22.7. The summed E-state index contributed by atoms with van der Waals surface area (Å²) in [5.74, 6) is -2.70. The van der Waals surface area contributed by atoms with Crippen LogP contribution in [-0.4, -0.2) is 39.5 Å². The third-order valence-corrected chi connectivity index (χ3v) is 4.97. The Hall–Kier alpha value is -4.17. The van der Waals surface area contributed by atoms with E-state index >= 15 is 0 Å². The Kier molecular flexibility index (Phi) is 7.10. The van der Waals surface area contributed by atoms with Gasteiger partial charge >= 0.3 is 5.97 Å². The minimum absolute atomic E-state index is 0. The lowest BCUT2D eigenvalue weighted by atomic mass is 9.96. The number of pyridine rings is 1. The van der Waals surface area contributed by atoms with Gasteiger partial charge in [-0.05, 0) is 35.9 Å². The Morgan fingerprint density at radius 1 is 0.970 bits per heavy atom. The average Bonchev–Trinajstić information content (AvgIpc) is 3.09. The first kappa shape index (κ1) is 23.5. The van der Waals surface area contributed by atoms with Crippen LogP contribution < -0.4 is 9.64 Å². The second-order valence-corrected chi connectivity index (χ2v) is 7.00. The van der Waals surface area contributed by atoms with E-state index in [2.05, 4.69) is 4.98 Å². The number of aliphatic carboxylic acids is 1. The van der Waals surface area contributed by atoms with E-state index in [1.807, 2.05) is 0 Å². The molecule has 9 heteroatoms. The first-order valence-electron chi connectivity index (χ1n) is 9.68. The van der Waals surface area contributed by atoms with Crippen molar-refractivity contribution in [1.82, 2.24) is 4.98 Å². The van der Waals surface area contributed by atoms with Crippen LogP contribution in [0.1, 0.15) is 17.2 Å². The number of carboxylic acids is 1. The number of benzene rings is 2. The molecule has 1 aliphatic heterocycles. The van der Waals surface area contributed by atoms with Gasteiger partial charge in [0.2, 0.25) is 0 Å². The normalized spacial score (nSPS) is 16.8. The molecule has 1 aliphatic rings. The van der Waals surface area contributed by atoms with E-state index in [0.29, 0.717) is 22.6 Å². The molecule has 2 aromatic carbocycles. The second-order valence-electron chi connectivity index (χ2n) is 7.00. The molecule has 1 aromatic heterocycles. The van der Waals surface area contributed by atoms with Crippen LogP contribution in [0.2, 0.25) is 0 Å². The van der Waals surface area contributed by atoms with E-state index in [1.54, 1.807) is 60.8 Å². The largest absolute Gasteiger partial charge is 0.507 e. The molecule has 3 aromatic rings. The molecule has 1 saturated heterocycles. The number of carbonyl (C=O) groups excluding carboxylic acids is 2. The van der Waals surface area contributed by atoms with Crippen molar-refractivity contribution in [2.24, 2.45) is 0 Å². The van der Waals surface area contributed by atoms with Crippen molar-refractivity contribution in [3.8, 4) is 5.75 Å². The molecule has 0 radical (unpaired) electrons. The van der Waals surface area contributed by atoms with Crippen molar-refractivity contribution in [3.63, 3.8) is 0 Å². The van der Waals surface area contributed by atoms with Crippen LogP contribution in [-0.2, 0) is 14.4 Å². The minimum atomic E-state index is -1.11. The van der Waals surface area contributed by atoms with E-state index in [0.717, 1.165) is 0 Å². The topological polar surface area (TPSA) is 117 Å². The molecule has 8 nitrogen and oxygen atoms in total. The predicted molar refractivity (Wildman–Crippen MR) is 122 cm³/mol. The molecule has 1 atom stereocenters. The fourth-order valence-corrected chi connectivity index (χ4v) is 3.55. The van der Waals surface area contributed by atoms with E-state index in [4.69, 9.17) is 9.84 Å². The highest BCUT2D eigenvalue weighted by Crippen LogP contribution is 2.42. The molecular formula is C24H19ClN2O6. The summed E-state index contributed by atoms with van der Waals surface area (Å²) in [4.78, 5) is 42.1. The summed E-state index contributed by atoms with van der Waals surface area (Å²) in [6.07, 6.45) is 3.10. The van der Waals surface area contributed by atoms with E-state index in [9.17, 15) is 19.5 Å². The molecule has 0 aliphatic carbocycles. The first-order valence-corrected chi connectivity index (χ1v) is 9.68. The number of anilines is 1. The highest BCUT2D eigenvalue weighted by atomic mass is 35.5. The Bertz CT molecular complexity index is 1200. The average molecular weight is 467 g/mol. The van der Waals surface area contributed by atoms with E-state index in [-0.39, 0.29) is 23.7 Å². The SMILES string of the molecule is Cl.O=C(O)COc1ccc(N2C(=O)C(=O)/C(=C(/O)c3ccccc3)C2c2cccnc2)cc1. The minimum Gasteiger partial charge on any atom is -0.507 e. The number of Topliss-reactive ketones (excluding diaryl/α,β-unsaturated/α-hetero) is 1. The number of amides is 1. The van der Waals surface area contributed by atoms with Crippen LogP contribution in [0.25, 0.3) is 5.76 Å². The number of ketones is 1. The van der Waals surface area contributed by atoms with Gasteiger partial charge in [-0.1, -0.05) is 36.4 Å². The number of aliphatic hydroxyl groups excluding tert-OH is 1. The lowest BCUT2D eigenvalue weighted by Gasteiger charge is -2.25. The van der Waals surface area contributed by atoms with Gasteiger partial charge in [-0.25, -0.2) is 4.79 Å². The summed E-state index contributed by atoms with van der Waals surface area (Å²) < 4.78 is 5.13. The summed E-state index contributed by atoms with van der Waals surface area (Å²) in [6.45, 7) is -0.503. The maximum atomic E-state index is 13.0. The maximum absolute atomic E-state index is 13.0. The van der Waals surface area contributed by atoms with Gasteiger partial charge in [0.15, 0.2) is 6.61 Å².